The molecule has 1 heterocycles. The van der Waals surface area contributed by atoms with Gasteiger partial charge in [0.25, 0.3) is 5.91 Å². The molecule has 0 bridgehead atoms. The molecule has 0 aliphatic heterocycles. The lowest BCUT2D eigenvalue weighted by Crippen LogP contribution is -2.38. The van der Waals surface area contributed by atoms with Gasteiger partial charge in [0.05, 0.1) is 0 Å². The Morgan fingerprint density at radius 1 is 1.06 bits per heavy atom. The summed E-state index contributed by atoms with van der Waals surface area (Å²) in [6.45, 7) is 4.75. The van der Waals surface area contributed by atoms with Gasteiger partial charge in [-0.25, -0.2) is 9.18 Å². The molecule has 1 aromatic heterocycles. The minimum atomic E-state index is -1.39. The molecule has 1 amide bonds. The standard InChI is InChI=1S/C27H24ClFN2O5/c1-15-8-20(5-7-24(15)36-27(2,3)26(33)34)35-21-10-16(9-19(29)13-21)14-30-25(32)23-12-17-11-18(28)4-6-22(17)31-23/h4-13,31H,14H2,1-3H3,(H,30,32)(H,33,34). The summed E-state index contributed by atoms with van der Waals surface area (Å²) in [6.07, 6.45) is 0. The van der Waals surface area contributed by atoms with Crippen molar-refractivity contribution in [3.8, 4) is 17.2 Å². The van der Waals surface area contributed by atoms with Crippen LogP contribution in [-0.2, 0) is 11.3 Å². The van der Waals surface area contributed by atoms with Crippen LogP contribution in [-0.4, -0.2) is 27.6 Å². The third-order valence-corrected chi connectivity index (χ3v) is 5.71. The molecule has 0 atom stereocenters. The van der Waals surface area contributed by atoms with Crippen LogP contribution in [0.1, 0.15) is 35.5 Å². The van der Waals surface area contributed by atoms with E-state index in [2.05, 4.69) is 10.3 Å². The van der Waals surface area contributed by atoms with Crippen molar-refractivity contribution in [2.45, 2.75) is 32.9 Å². The predicted octanol–water partition coefficient (Wildman–Crippen LogP) is 6.23. The van der Waals surface area contributed by atoms with Gasteiger partial charge in [-0.05, 0) is 86.5 Å². The van der Waals surface area contributed by atoms with Gasteiger partial charge in [0, 0.05) is 28.5 Å². The van der Waals surface area contributed by atoms with Crippen LogP contribution in [0.15, 0.2) is 60.7 Å². The highest BCUT2D eigenvalue weighted by Gasteiger charge is 2.30. The summed E-state index contributed by atoms with van der Waals surface area (Å²) in [4.78, 5) is 26.9. The summed E-state index contributed by atoms with van der Waals surface area (Å²) >= 11 is 6.00. The van der Waals surface area contributed by atoms with Crippen LogP contribution in [0.25, 0.3) is 10.9 Å². The van der Waals surface area contributed by atoms with Crippen molar-refractivity contribution in [2.24, 2.45) is 0 Å². The second-order valence-corrected chi connectivity index (χ2v) is 9.28. The predicted molar refractivity (Wildman–Crippen MR) is 134 cm³/mol. The Hall–Kier alpha value is -4.04. The van der Waals surface area contributed by atoms with Gasteiger partial charge >= 0.3 is 5.97 Å². The van der Waals surface area contributed by atoms with E-state index >= 15 is 0 Å². The van der Waals surface area contributed by atoms with Gasteiger partial charge in [-0.2, -0.15) is 0 Å². The smallest absolute Gasteiger partial charge is 0.347 e. The van der Waals surface area contributed by atoms with E-state index in [9.17, 15) is 19.1 Å². The molecule has 36 heavy (non-hydrogen) atoms. The lowest BCUT2D eigenvalue weighted by molar-refractivity contribution is -0.152. The van der Waals surface area contributed by atoms with E-state index in [0.717, 1.165) is 10.9 Å². The summed E-state index contributed by atoms with van der Waals surface area (Å²) in [5.74, 6) is -0.877. The molecule has 3 aromatic carbocycles. The van der Waals surface area contributed by atoms with E-state index in [1.165, 1.54) is 26.0 Å². The van der Waals surface area contributed by atoms with Crippen LogP contribution in [0.2, 0.25) is 5.02 Å². The molecule has 9 heteroatoms. The highest BCUT2D eigenvalue weighted by Crippen LogP contribution is 2.30. The zero-order chi connectivity index (χ0) is 26.0. The van der Waals surface area contributed by atoms with Gasteiger partial charge < -0.3 is 24.9 Å². The molecule has 0 aliphatic carbocycles. The SMILES string of the molecule is Cc1cc(Oc2cc(F)cc(CNC(=O)c3cc4cc(Cl)ccc4[nH]3)c2)ccc1OC(C)(C)C(=O)O. The van der Waals surface area contributed by atoms with Crippen molar-refractivity contribution in [2.75, 3.05) is 0 Å². The molecule has 0 spiro atoms. The number of ether oxygens (including phenoxy) is 2. The van der Waals surface area contributed by atoms with Gasteiger partial charge in [0.2, 0.25) is 0 Å². The number of aliphatic carboxylic acids is 1. The summed E-state index contributed by atoms with van der Waals surface area (Å²) < 4.78 is 25.7. The zero-order valence-electron chi connectivity index (χ0n) is 19.8. The number of benzene rings is 3. The van der Waals surface area contributed by atoms with E-state index in [1.54, 1.807) is 55.5 Å². The number of hydrogen-bond acceptors (Lipinski definition) is 4. The summed E-state index contributed by atoms with van der Waals surface area (Å²) in [6, 6.07) is 16.0. The number of carbonyl (C=O) groups is 2. The molecule has 186 valence electrons. The first kappa shape index (κ1) is 25.1. The molecule has 0 radical (unpaired) electrons. The average Bonchev–Trinajstić information content (AvgIpc) is 3.22. The van der Waals surface area contributed by atoms with Gasteiger partial charge in [0.1, 0.15) is 28.8 Å². The highest BCUT2D eigenvalue weighted by atomic mass is 35.5. The number of aromatic amines is 1. The van der Waals surface area contributed by atoms with Crippen LogP contribution >= 0.6 is 11.6 Å². The number of nitrogens with one attached hydrogen (secondary N) is 2. The number of H-pyrrole nitrogens is 1. The lowest BCUT2D eigenvalue weighted by atomic mass is 10.1. The maximum Gasteiger partial charge on any atom is 0.347 e. The number of aryl methyl sites for hydroxylation is 1. The van der Waals surface area contributed by atoms with Gasteiger partial charge in [0.15, 0.2) is 5.60 Å². The number of carboxylic acid groups (broad SMARTS) is 1. The van der Waals surface area contributed by atoms with E-state index in [4.69, 9.17) is 21.1 Å². The second-order valence-electron chi connectivity index (χ2n) is 8.84. The molecule has 0 unspecified atom stereocenters. The molecule has 3 N–H and O–H groups in total. The fourth-order valence-electron chi connectivity index (χ4n) is 3.54. The summed E-state index contributed by atoms with van der Waals surface area (Å²) in [7, 11) is 0. The minimum absolute atomic E-state index is 0.0825. The number of hydrogen-bond donors (Lipinski definition) is 3. The van der Waals surface area contributed by atoms with E-state index in [0.29, 0.717) is 33.3 Å². The average molecular weight is 511 g/mol. The Kier molecular flexibility index (Phi) is 6.90. The van der Waals surface area contributed by atoms with Crippen LogP contribution in [0.5, 0.6) is 17.2 Å². The maximum absolute atomic E-state index is 14.3. The van der Waals surface area contributed by atoms with Crippen molar-refractivity contribution in [1.29, 1.82) is 0 Å². The third-order valence-electron chi connectivity index (χ3n) is 5.47. The Balaban J connectivity index is 1.44. The van der Waals surface area contributed by atoms with Gasteiger partial charge in [-0.1, -0.05) is 11.6 Å². The monoisotopic (exact) mass is 510 g/mol. The molecule has 7 nitrogen and oxygen atoms in total. The first-order valence-electron chi connectivity index (χ1n) is 11.1. The number of amides is 1. The number of halogens is 2. The Morgan fingerprint density at radius 3 is 2.56 bits per heavy atom. The van der Waals surface area contributed by atoms with Crippen molar-refractivity contribution in [1.82, 2.24) is 10.3 Å². The summed E-state index contributed by atoms with van der Waals surface area (Å²) in [5.41, 5.74) is 0.922. The number of carboxylic acids is 1. The molecular formula is C27H24ClFN2O5. The largest absolute Gasteiger partial charge is 0.478 e. The number of rotatable bonds is 8. The molecule has 0 saturated carbocycles. The first-order chi connectivity index (χ1) is 17.0. The molecule has 0 saturated heterocycles. The number of fused-ring (bicyclic) bond motifs is 1. The van der Waals surface area contributed by atoms with Gasteiger partial charge in [-0.3, -0.25) is 4.79 Å². The highest BCUT2D eigenvalue weighted by molar-refractivity contribution is 6.31. The number of aromatic nitrogens is 1. The van der Waals surface area contributed by atoms with Crippen LogP contribution in [0, 0.1) is 12.7 Å². The fraction of sp³-hybridized carbons (Fsp3) is 0.185. The van der Waals surface area contributed by atoms with Crippen molar-refractivity contribution in [3.63, 3.8) is 0 Å². The fourth-order valence-corrected chi connectivity index (χ4v) is 3.72. The van der Waals surface area contributed by atoms with Crippen LogP contribution in [0.3, 0.4) is 0 Å². The van der Waals surface area contributed by atoms with Gasteiger partial charge in [-0.15, -0.1) is 0 Å². The minimum Gasteiger partial charge on any atom is -0.478 e. The van der Waals surface area contributed by atoms with Crippen molar-refractivity contribution in [3.05, 3.63) is 88.3 Å². The van der Waals surface area contributed by atoms with Crippen LogP contribution < -0.4 is 14.8 Å². The Labute approximate surface area is 211 Å². The molecule has 4 aromatic rings. The zero-order valence-corrected chi connectivity index (χ0v) is 20.6. The summed E-state index contributed by atoms with van der Waals surface area (Å²) in [5, 5.41) is 13.4. The normalized spacial score (nSPS) is 11.4. The van der Waals surface area contributed by atoms with Crippen LogP contribution in [0.4, 0.5) is 4.39 Å². The Bertz CT molecular complexity index is 1460. The second kappa shape index (κ2) is 9.91. The quantitative estimate of drug-likeness (QED) is 0.261. The molecule has 4 rings (SSSR count). The number of carbonyl (C=O) groups excluding carboxylic acids is 1. The van der Waals surface area contributed by atoms with Crippen molar-refractivity contribution < 1.29 is 28.6 Å². The molecular weight excluding hydrogens is 487 g/mol. The Morgan fingerprint density at radius 2 is 1.83 bits per heavy atom. The van der Waals surface area contributed by atoms with Crippen molar-refractivity contribution >= 4 is 34.4 Å². The topological polar surface area (TPSA) is 101 Å². The van der Waals surface area contributed by atoms with E-state index in [1.807, 2.05) is 0 Å². The maximum atomic E-state index is 14.3. The first-order valence-corrected chi connectivity index (χ1v) is 11.4. The molecule has 0 fully saturated rings. The third kappa shape index (κ3) is 5.78. The van der Waals surface area contributed by atoms with E-state index < -0.39 is 17.4 Å². The molecule has 0 aliphatic rings. The lowest BCUT2D eigenvalue weighted by Gasteiger charge is -2.23. The van der Waals surface area contributed by atoms with E-state index in [-0.39, 0.29) is 18.2 Å².